The van der Waals surface area contributed by atoms with Crippen LogP contribution in [-0.2, 0) is 4.79 Å². The molecule has 3 N–H and O–H groups in total. The van der Waals surface area contributed by atoms with Gasteiger partial charge in [-0.1, -0.05) is 0 Å². The number of primary amides is 1. The standard InChI is InChI=1S/C16H18FN3O2/c1-10-7-14(12-8-11(17)3-4-13(12)19-10)20-6-2-5-16(22,9-20)15(18)21/h3-4,7-8,22H,2,5-6,9H2,1H3,(H2,18,21). The highest BCUT2D eigenvalue weighted by atomic mass is 19.1. The Morgan fingerprint density at radius 2 is 2.23 bits per heavy atom. The molecule has 1 saturated heterocycles. The van der Waals surface area contributed by atoms with Gasteiger partial charge < -0.3 is 15.7 Å². The minimum absolute atomic E-state index is 0.109. The fraction of sp³-hybridized carbons (Fsp3) is 0.375. The van der Waals surface area contributed by atoms with Crippen LogP contribution in [0.25, 0.3) is 10.9 Å². The molecule has 0 bridgehead atoms. The first-order chi connectivity index (χ1) is 10.4. The maximum Gasteiger partial charge on any atom is 0.251 e. The summed E-state index contributed by atoms with van der Waals surface area (Å²) >= 11 is 0. The number of nitrogens with two attached hydrogens (primary N) is 1. The molecule has 2 aromatic rings. The molecule has 5 nitrogen and oxygen atoms in total. The fourth-order valence-electron chi connectivity index (χ4n) is 3.01. The molecule has 1 aliphatic rings. The molecule has 0 saturated carbocycles. The average Bonchev–Trinajstić information content (AvgIpc) is 2.47. The number of hydrogen-bond donors (Lipinski definition) is 2. The molecule has 3 rings (SSSR count). The van der Waals surface area contributed by atoms with Gasteiger partial charge in [0.15, 0.2) is 5.60 Å². The van der Waals surface area contributed by atoms with Crippen molar-refractivity contribution in [3.63, 3.8) is 0 Å². The van der Waals surface area contributed by atoms with Crippen LogP contribution in [0.15, 0.2) is 24.3 Å². The smallest absolute Gasteiger partial charge is 0.251 e. The molecule has 1 aromatic carbocycles. The molecule has 6 heteroatoms. The van der Waals surface area contributed by atoms with Crippen LogP contribution in [0.1, 0.15) is 18.5 Å². The number of nitrogens with zero attached hydrogens (tertiary/aromatic N) is 2. The number of fused-ring (bicyclic) bond motifs is 1. The Bertz CT molecular complexity index is 749. The van der Waals surface area contributed by atoms with Gasteiger partial charge in [-0.2, -0.15) is 0 Å². The minimum Gasteiger partial charge on any atom is -0.378 e. The first kappa shape index (κ1) is 14.7. The van der Waals surface area contributed by atoms with Gasteiger partial charge in [-0.25, -0.2) is 4.39 Å². The molecule has 22 heavy (non-hydrogen) atoms. The van der Waals surface area contributed by atoms with E-state index in [-0.39, 0.29) is 12.4 Å². The van der Waals surface area contributed by atoms with Crippen LogP contribution in [0, 0.1) is 12.7 Å². The van der Waals surface area contributed by atoms with Gasteiger partial charge in [-0.15, -0.1) is 0 Å². The fourth-order valence-corrected chi connectivity index (χ4v) is 3.01. The lowest BCUT2D eigenvalue weighted by Crippen LogP contribution is -2.56. The van der Waals surface area contributed by atoms with Gasteiger partial charge in [0.2, 0.25) is 0 Å². The number of β-amino-alcohol motifs (C(OH)–C–C–N with tert-alkyl or cyclic N) is 1. The second-order valence-corrected chi connectivity index (χ2v) is 5.87. The van der Waals surface area contributed by atoms with E-state index in [1.54, 1.807) is 6.07 Å². The number of benzene rings is 1. The van der Waals surface area contributed by atoms with Crippen LogP contribution >= 0.6 is 0 Å². The third kappa shape index (κ3) is 2.50. The number of piperidine rings is 1. The Morgan fingerprint density at radius 3 is 2.95 bits per heavy atom. The van der Waals surface area contributed by atoms with E-state index in [4.69, 9.17) is 5.73 Å². The Hall–Kier alpha value is -2.21. The molecule has 1 atom stereocenters. The maximum absolute atomic E-state index is 13.6. The molecule has 1 fully saturated rings. The molecule has 0 spiro atoms. The zero-order valence-corrected chi connectivity index (χ0v) is 12.3. The summed E-state index contributed by atoms with van der Waals surface area (Å²) in [5.41, 5.74) is 6.02. The second-order valence-electron chi connectivity index (χ2n) is 5.87. The molecule has 116 valence electrons. The Morgan fingerprint density at radius 1 is 1.45 bits per heavy atom. The van der Waals surface area contributed by atoms with Gasteiger partial charge >= 0.3 is 0 Å². The quantitative estimate of drug-likeness (QED) is 0.881. The van der Waals surface area contributed by atoms with Crippen molar-refractivity contribution in [2.75, 3.05) is 18.0 Å². The third-order valence-corrected chi connectivity index (χ3v) is 4.15. The van der Waals surface area contributed by atoms with E-state index in [9.17, 15) is 14.3 Å². The molecule has 0 radical (unpaired) electrons. The van der Waals surface area contributed by atoms with E-state index in [0.717, 1.165) is 11.4 Å². The van der Waals surface area contributed by atoms with Crippen molar-refractivity contribution in [1.82, 2.24) is 4.98 Å². The number of aryl methyl sites for hydroxylation is 1. The van der Waals surface area contributed by atoms with Crippen LogP contribution in [0.4, 0.5) is 10.1 Å². The van der Waals surface area contributed by atoms with Gasteiger partial charge in [0.25, 0.3) is 5.91 Å². The summed E-state index contributed by atoms with van der Waals surface area (Å²) in [7, 11) is 0. The zero-order valence-electron chi connectivity index (χ0n) is 12.3. The number of hydrogen-bond acceptors (Lipinski definition) is 4. The average molecular weight is 303 g/mol. The van der Waals surface area contributed by atoms with E-state index >= 15 is 0 Å². The van der Waals surface area contributed by atoms with E-state index in [1.807, 2.05) is 17.9 Å². The van der Waals surface area contributed by atoms with Gasteiger partial charge in [-0.3, -0.25) is 9.78 Å². The van der Waals surface area contributed by atoms with Crippen LogP contribution in [0.5, 0.6) is 0 Å². The van der Waals surface area contributed by atoms with Crippen molar-refractivity contribution >= 4 is 22.5 Å². The van der Waals surface area contributed by atoms with E-state index in [0.29, 0.717) is 30.3 Å². The SMILES string of the molecule is Cc1cc(N2CCCC(O)(C(N)=O)C2)c2cc(F)ccc2n1. The van der Waals surface area contributed by atoms with E-state index in [2.05, 4.69) is 4.98 Å². The molecular formula is C16H18FN3O2. The van der Waals surface area contributed by atoms with Crippen molar-refractivity contribution in [3.05, 3.63) is 35.8 Å². The lowest BCUT2D eigenvalue weighted by Gasteiger charge is -2.38. The van der Waals surface area contributed by atoms with E-state index in [1.165, 1.54) is 12.1 Å². The predicted octanol–water partition coefficient (Wildman–Crippen LogP) is 1.50. The molecule has 1 amide bonds. The number of pyridine rings is 1. The van der Waals surface area contributed by atoms with Crippen LogP contribution < -0.4 is 10.6 Å². The normalized spacial score (nSPS) is 22.0. The summed E-state index contributed by atoms with van der Waals surface area (Å²) in [5.74, 6) is -1.07. The second kappa shape index (κ2) is 5.21. The van der Waals surface area contributed by atoms with Crippen molar-refractivity contribution in [2.45, 2.75) is 25.4 Å². The number of amides is 1. The maximum atomic E-state index is 13.6. The largest absolute Gasteiger partial charge is 0.378 e. The number of carbonyl (C=O) groups is 1. The summed E-state index contributed by atoms with van der Waals surface area (Å²) < 4.78 is 13.6. The van der Waals surface area contributed by atoms with Crippen molar-refractivity contribution in [3.8, 4) is 0 Å². The molecular weight excluding hydrogens is 285 g/mol. The Balaban J connectivity index is 2.09. The first-order valence-electron chi connectivity index (χ1n) is 7.23. The lowest BCUT2D eigenvalue weighted by atomic mass is 9.91. The summed E-state index contributed by atoms with van der Waals surface area (Å²) in [6.45, 7) is 2.64. The summed E-state index contributed by atoms with van der Waals surface area (Å²) in [6, 6.07) is 6.27. The van der Waals surface area contributed by atoms with Gasteiger partial charge in [0.1, 0.15) is 5.82 Å². The van der Waals surface area contributed by atoms with Crippen molar-refractivity contribution in [1.29, 1.82) is 0 Å². The summed E-state index contributed by atoms with van der Waals surface area (Å²) in [5, 5.41) is 11.0. The number of anilines is 1. The van der Waals surface area contributed by atoms with Crippen molar-refractivity contribution in [2.24, 2.45) is 5.73 Å². The summed E-state index contributed by atoms with van der Waals surface area (Å²) in [6.07, 6.45) is 0.979. The Kier molecular flexibility index (Phi) is 3.48. The third-order valence-electron chi connectivity index (χ3n) is 4.15. The van der Waals surface area contributed by atoms with E-state index < -0.39 is 11.5 Å². The van der Waals surface area contributed by atoms with Crippen molar-refractivity contribution < 1.29 is 14.3 Å². The highest BCUT2D eigenvalue weighted by molar-refractivity contribution is 5.93. The summed E-state index contributed by atoms with van der Waals surface area (Å²) in [4.78, 5) is 17.8. The monoisotopic (exact) mass is 303 g/mol. The highest BCUT2D eigenvalue weighted by Crippen LogP contribution is 2.32. The number of aliphatic hydroxyl groups is 1. The molecule has 1 unspecified atom stereocenters. The van der Waals surface area contributed by atoms with Crippen LogP contribution in [0.3, 0.4) is 0 Å². The lowest BCUT2D eigenvalue weighted by molar-refractivity contribution is -0.137. The van der Waals surface area contributed by atoms with Gasteiger partial charge in [-0.05, 0) is 44.0 Å². The number of carbonyl (C=O) groups excluding carboxylic acids is 1. The molecule has 1 aliphatic heterocycles. The molecule has 0 aliphatic carbocycles. The highest BCUT2D eigenvalue weighted by Gasteiger charge is 2.39. The number of aromatic nitrogens is 1. The first-order valence-corrected chi connectivity index (χ1v) is 7.23. The zero-order chi connectivity index (χ0) is 15.9. The molecule has 2 heterocycles. The van der Waals surface area contributed by atoms with Gasteiger partial charge in [0.05, 0.1) is 12.1 Å². The minimum atomic E-state index is -1.55. The number of rotatable bonds is 2. The Labute approximate surface area is 127 Å². The van der Waals surface area contributed by atoms with Crippen LogP contribution in [-0.4, -0.2) is 34.7 Å². The topological polar surface area (TPSA) is 79.5 Å². The number of halogens is 1. The molecule has 1 aromatic heterocycles. The van der Waals surface area contributed by atoms with Crippen LogP contribution in [0.2, 0.25) is 0 Å². The predicted molar refractivity (Wildman–Crippen MR) is 82.0 cm³/mol. The van der Waals surface area contributed by atoms with Gasteiger partial charge in [0, 0.05) is 23.3 Å².